The first kappa shape index (κ1) is 14.4. The molecule has 19 heavy (non-hydrogen) atoms. The summed E-state index contributed by atoms with van der Waals surface area (Å²) in [6.07, 6.45) is 2.42. The van der Waals surface area contributed by atoms with E-state index in [0.29, 0.717) is 0 Å². The summed E-state index contributed by atoms with van der Waals surface area (Å²) in [6.45, 7) is 7.89. The molecule has 0 atom stereocenters. The lowest BCUT2D eigenvalue weighted by Gasteiger charge is -2.22. The van der Waals surface area contributed by atoms with Crippen molar-refractivity contribution in [1.82, 2.24) is 9.80 Å². The van der Waals surface area contributed by atoms with Crippen molar-refractivity contribution >= 4 is 5.69 Å². The maximum absolute atomic E-state index is 3.54. The summed E-state index contributed by atoms with van der Waals surface area (Å²) in [4.78, 5) is 4.80. The van der Waals surface area contributed by atoms with Gasteiger partial charge in [0.15, 0.2) is 0 Å². The average Bonchev–Trinajstić information content (AvgIpc) is 2.86. The monoisotopic (exact) mass is 261 g/mol. The number of fused-ring (bicyclic) bond motifs is 1. The summed E-state index contributed by atoms with van der Waals surface area (Å²) >= 11 is 0. The zero-order chi connectivity index (χ0) is 13.7. The fraction of sp³-hybridized carbons (Fsp3) is 0.625. The van der Waals surface area contributed by atoms with E-state index in [2.05, 4.69) is 54.3 Å². The Balaban J connectivity index is 1.93. The van der Waals surface area contributed by atoms with Gasteiger partial charge in [-0.15, -0.1) is 0 Å². The highest BCUT2D eigenvalue weighted by atomic mass is 15.1. The molecule has 0 spiro atoms. The topological polar surface area (TPSA) is 18.5 Å². The molecule has 0 saturated carbocycles. The first-order chi connectivity index (χ1) is 9.20. The summed E-state index contributed by atoms with van der Waals surface area (Å²) in [6, 6.07) is 6.72. The van der Waals surface area contributed by atoms with Crippen molar-refractivity contribution in [3.05, 3.63) is 29.3 Å². The first-order valence-electron chi connectivity index (χ1n) is 7.42. The summed E-state index contributed by atoms with van der Waals surface area (Å²) in [5, 5.41) is 3.54. The lowest BCUT2D eigenvalue weighted by atomic mass is 10.1. The second-order valence-corrected chi connectivity index (χ2v) is 5.65. The number of hydrogen-bond donors (Lipinski definition) is 1. The highest BCUT2D eigenvalue weighted by Gasteiger charge is 2.15. The maximum Gasteiger partial charge on any atom is 0.0419 e. The van der Waals surface area contributed by atoms with Gasteiger partial charge in [-0.05, 0) is 57.7 Å². The normalized spacial score (nSPS) is 13.9. The number of rotatable bonds is 7. The quantitative estimate of drug-likeness (QED) is 0.813. The van der Waals surface area contributed by atoms with Crippen molar-refractivity contribution < 1.29 is 0 Å². The zero-order valence-electron chi connectivity index (χ0n) is 12.6. The van der Waals surface area contributed by atoms with Gasteiger partial charge in [-0.1, -0.05) is 25.1 Å². The highest BCUT2D eigenvalue weighted by Crippen LogP contribution is 2.27. The molecule has 0 radical (unpaired) electrons. The van der Waals surface area contributed by atoms with E-state index in [4.69, 9.17) is 0 Å². The van der Waals surface area contributed by atoms with Gasteiger partial charge in [0.1, 0.15) is 0 Å². The molecule has 0 unspecified atom stereocenters. The van der Waals surface area contributed by atoms with Crippen molar-refractivity contribution in [2.75, 3.05) is 45.6 Å². The van der Waals surface area contributed by atoms with Crippen LogP contribution in [0.25, 0.3) is 0 Å². The molecule has 1 aliphatic rings. The van der Waals surface area contributed by atoms with Crippen LogP contribution < -0.4 is 5.32 Å². The van der Waals surface area contributed by atoms with Crippen LogP contribution in [0.15, 0.2) is 18.2 Å². The van der Waals surface area contributed by atoms with Crippen LogP contribution >= 0.6 is 0 Å². The molecular weight excluding hydrogens is 234 g/mol. The Hall–Kier alpha value is -1.06. The molecule has 0 fully saturated rings. The number of anilines is 1. The van der Waals surface area contributed by atoms with Gasteiger partial charge in [0, 0.05) is 18.8 Å². The molecule has 2 rings (SSSR count). The minimum absolute atomic E-state index is 1.07. The van der Waals surface area contributed by atoms with Gasteiger partial charge in [0.25, 0.3) is 0 Å². The second kappa shape index (κ2) is 6.92. The van der Waals surface area contributed by atoms with Gasteiger partial charge in [-0.25, -0.2) is 0 Å². The van der Waals surface area contributed by atoms with Gasteiger partial charge in [0.05, 0.1) is 0 Å². The lowest BCUT2D eigenvalue weighted by molar-refractivity contribution is 0.259. The van der Waals surface area contributed by atoms with Crippen LogP contribution in [-0.4, -0.2) is 50.1 Å². The largest absolute Gasteiger partial charge is 0.384 e. The van der Waals surface area contributed by atoms with Gasteiger partial charge in [0.2, 0.25) is 0 Å². The SMILES string of the molecule is CCN(CCCN(C)C)Cc1cccc2c1NCC2. The fourth-order valence-corrected chi connectivity index (χ4v) is 2.74. The third-order valence-corrected chi connectivity index (χ3v) is 3.85. The Morgan fingerprint density at radius 2 is 2.05 bits per heavy atom. The molecule has 1 aromatic carbocycles. The lowest BCUT2D eigenvalue weighted by Crippen LogP contribution is -2.27. The third-order valence-electron chi connectivity index (χ3n) is 3.85. The molecular formula is C16H27N3. The van der Waals surface area contributed by atoms with Crippen LogP contribution in [0.3, 0.4) is 0 Å². The molecule has 106 valence electrons. The Labute approximate surface area is 117 Å². The van der Waals surface area contributed by atoms with E-state index in [-0.39, 0.29) is 0 Å². The summed E-state index contributed by atoms with van der Waals surface area (Å²) in [5.41, 5.74) is 4.34. The molecule has 1 aromatic rings. The molecule has 3 nitrogen and oxygen atoms in total. The van der Waals surface area contributed by atoms with Crippen molar-refractivity contribution in [3.63, 3.8) is 0 Å². The van der Waals surface area contributed by atoms with Crippen molar-refractivity contribution in [1.29, 1.82) is 0 Å². The predicted octanol–water partition coefficient (Wildman–Crippen LogP) is 2.43. The number of nitrogens with zero attached hydrogens (tertiary/aromatic N) is 2. The number of nitrogens with one attached hydrogen (secondary N) is 1. The molecule has 3 heteroatoms. The fourth-order valence-electron chi connectivity index (χ4n) is 2.74. The highest BCUT2D eigenvalue weighted by molar-refractivity contribution is 5.61. The van der Waals surface area contributed by atoms with Crippen LogP contribution in [0.5, 0.6) is 0 Å². The van der Waals surface area contributed by atoms with E-state index in [1.165, 1.54) is 42.7 Å². The molecule has 1 aliphatic heterocycles. The minimum Gasteiger partial charge on any atom is -0.384 e. The van der Waals surface area contributed by atoms with Gasteiger partial charge >= 0.3 is 0 Å². The van der Waals surface area contributed by atoms with E-state index in [9.17, 15) is 0 Å². The van der Waals surface area contributed by atoms with Crippen LogP contribution in [0.1, 0.15) is 24.5 Å². The van der Waals surface area contributed by atoms with Crippen molar-refractivity contribution in [2.45, 2.75) is 26.3 Å². The van der Waals surface area contributed by atoms with E-state index in [1.54, 1.807) is 0 Å². The number of para-hydroxylation sites is 1. The Morgan fingerprint density at radius 3 is 2.79 bits per heavy atom. The Morgan fingerprint density at radius 1 is 1.21 bits per heavy atom. The first-order valence-corrected chi connectivity index (χ1v) is 7.42. The average molecular weight is 261 g/mol. The van der Waals surface area contributed by atoms with E-state index >= 15 is 0 Å². The number of benzene rings is 1. The van der Waals surface area contributed by atoms with Crippen LogP contribution in [0.2, 0.25) is 0 Å². The molecule has 0 saturated heterocycles. The summed E-state index contributed by atoms with van der Waals surface area (Å²) in [5.74, 6) is 0. The summed E-state index contributed by atoms with van der Waals surface area (Å²) < 4.78 is 0. The van der Waals surface area contributed by atoms with Gasteiger partial charge in [-0.3, -0.25) is 4.90 Å². The van der Waals surface area contributed by atoms with Crippen molar-refractivity contribution in [3.8, 4) is 0 Å². The number of hydrogen-bond acceptors (Lipinski definition) is 3. The molecule has 0 amide bonds. The third kappa shape index (κ3) is 3.95. The molecule has 0 bridgehead atoms. The second-order valence-electron chi connectivity index (χ2n) is 5.65. The maximum atomic E-state index is 3.54. The van der Waals surface area contributed by atoms with E-state index in [1.807, 2.05) is 0 Å². The zero-order valence-corrected chi connectivity index (χ0v) is 12.6. The van der Waals surface area contributed by atoms with Crippen molar-refractivity contribution in [2.24, 2.45) is 0 Å². The Kier molecular flexibility index (Phi) is 5.23. The van der Waals surface area contributed by atoms with Gasteiger partial charge < -0.3 is 10.2 Å². The summed E-state index contributed by atoms with van der Waals surface area (Å²) in [7, 11) is 4.29. The van der Waals surface area contributed by atoms with Gasteiger partial charge in [-0.2, -0.15) is 0 Å². The van der Waals surface area contributed by atoms with E-state index < -0.39 is 0 Å². The smallest absolute Gasteiger partial charge is 0.0419 e. The predicted molar refractivity (Wildman–Crippen MR) is 82.8 cm³/mol. The minimum atomic E-state index is 1.07. The van der Waals surface area contributed by atoms with E-state index in [0.717, 1.165) is 19.6 Å². The standard InChI is InChI=1S/C16H27N3/c1-4-19(12-6-11-18(2)3)13-15-8-5-7-14-9-10-17-16(14)15/h5,7-8,17H,4,6,9-13H2,1-3H3. The van der Waals surface area contributed by atoms with Crippen LogP contribution in [-0.2, 0) is 13.0 Å². The Bertz CT molecular complexity index is 401. The molecule has 0 aromatic heterocycles. The van der Waals surface area contributed by atoms with Crippen LogP contribution in [0, 0.1) is 0 Å². The molecule has 1 heterocycles. The molecule has 1 N–H and O–H groups in total. The molecule has 0 aliphatic carbocycles. The van der Waals surface area contributed by atoms with Crippen LogP contribution in [0.4, 0.5) is 5.69 Å².